The SMILES string of the molecule is O=C(NCCc1cccc2[nH]ccc12)N1CCC2(c3ccccc3)C(C1)C2(F)F. The fourth-order valence-electron chi connectivity index (χ4n) is 5.01. The van der Waals surface area contributed by atoms with Gasteiger partial charge in [-0.25, -0.2) is 13.6 Å². The van der Waals surface area contributed by atoms with Crippen molar-refractivity contribution < 1.29 is 13.6 Å². The number of urea groups is 1. The van der Waals surface area contributed by atoms with Crippen molar-refractivity contribution in [1.29, 1.82) is 0 Å². The summed E-state index contributed by atoms with van der Waals surface area (Å²) in [7, 11) is 0. The Balaban J connectivity index is 1.21. The first-order valence-electron chi connectivity index (χ1n) is 10.0. The molecular weight excluding hydrogens is 372 g/mol. The largest absolute Gasteiger partial charge is 0.361 e. The monoisotopic (exact) mass is 395 g/mol. The van der Waals surface area contributed by atoms with Crippen molar-refractivity contribution in [2.75, 3.05) is 19.6 Å². The Morgan fingerprint density at radius 2 is 1.97 bits per heavy atom. The molecule has 2 aromatic carbocycles. The first kappa shape index (κ1) is 18.2. The Bertz CT molecular complexity index is 1050. The molecule has 2 heterocycles. The van der Waals surface area contributed by atoms with Crippen LogP contribution in [0.15, 0.2) is 60.8 Å². The highest BCUT2D eigenvalue weighted by Gasteiger charge is 2.81. The number of nitrogens with one attached hydrogen (secondary N) is 2. The maximum Gasteiger partial charge on any atom is 0.317 e. The van der Waals surface area contributed by atoms with Crippen molar-refractivity contribution in [3.8, 4) is 0 Å². The van der Waals surface area contributed by atoms with Crippen LogP contribution in [0.1, 0.15) is 17.5 Å². The molecule has 0 bridgehead atoms. The lowest BCUT2D eigenvalue weighted by molar-refractivity contribution is 0.0776. The number of amides is 2. The van der Waals surface area contributed by atoms with Crippen molar-refractivity contribution in [3.63, 3.8) is 0 Å². The zero-order chi connectivity index (χ0) is 20.1. The van der Waals surface area contributed by atoms with E-state index < -0.39 is 17.3 Å². The topological polar surface area (TPSA) is 48.1 Å². The zero-order valence-corrected chi connectivity index (χ0v) is 16.0. The van der Waals surface area contributed by atoms with E-state index in [0.29, 0.717) is 31.5 Å². The molecule has 1 saturated carbocycles. The van der Waals surface area contributed by atoms with Gasteiger partial charge in [-0.15, -0.1) is 0 Å². The number of hydrogen-bond donors (Lipinski definition) is 2. The number of alkyl halides is 2. The maximum absolute atomic E-state index is 14.7. The lowest BCUT2D eigenvalue weighted by Crippen LogP contribution is -2.46. The third-order valence-corrected chi connectivity index (χ3v) is 6.65. The van der Waals surface area contributed by atoms with Crippen LogP contribution in [0.25, 0.3) is 10.9 Å². The summed E-state index contributed by atoms with van der Waals surface area (Å²) in [5.41, 5.74) is 1.81. The van der Waals surface area contributed by atoms with E-state index in [4.69, 9.17) is 0 Å². The molecule has 0 radical (unpaired) electrons. The number of rotatable bonds is 4. The van der Waals surface area contributed by atoms with Crippen molar-refractivity contribution in [1.82, 2.24) is 15.2 Å². The van der Waals surface area contributed by atoms with Gasteiger partial charge in [-0.05, 0) is 36.1 Å². The molecule has 2 unspecified atom stereocenters. The molecule has 1 aliphatic carbocycles. The molecule has 6 heteroatoms. The highest BCUT2D eigenvalue weighted by atomic mass is 19.3. The number of likely N-dealkylation sites (tertiary alicyclic amines) is 1. The second kappa shape index (κ2) is 6.58. The molecule has 2 N–H and O–H groups in total. The van der Waals surface area contributed by atoms with Gasteiger partial charge in [0.2, 0.25) is 0 Å². The van der Waals surface area contributed by atoms with Crippen LogP contribution < -0.4 is 5.32 Å². The van der Waals surface area contributed by atoms with E-state index in [1.54, 1.807) is 29.2 Å². The number of fused-ring (bicyclic) bond motifs is 2. The molecular formula is C23H23F2N3O. The fraction of sp³-hybridized carbons (Fsp3) is 0.348. The van der Waals surface area contributed by atoms with Gasteiger partial charge >= 0.3 is 6.03 Å². The summed E-state index contributed by atoms with van der Waals surface area (Å²) >= 11 is 0. The Morgan fingerprint density at radius 1 is 1.14 bits per heavy atom. The second-order valence-corrected chi connectivity index (χ2v) is 8.05. The summed E-state index contributed by atoms with van der Waals surface area (Å²) in [4.78, 5) is 17.3. The smallest absolute Gasteiger partial charge is 0.317 e. The highest BCUT2D eigenvalue weighted by molar-refractivity contribution is 5.83. The van der Waals surface area contributed by atoms with E-state index in [2.05, 4.69) is 10.3 Å². The molecule has 29 heavy (non-hydrogen) atoms. The Hall–Kier alpha value is -2.89. The number of carbonyl (C=O) groups excluding carboxylic acids is 1. The maximum atomic E-state index is 14.7. The third-order valence-electron chi connectivity index (χ3n) is 6.65. The van der Waals surface area contributed by atoms with Crippen LogP contribution in [0.2, 0.25) is 0 Å². The average Bonchev–Trinajstić information content (AvgIpc) is 3.05. The number of aromatic nitrogens is 1. The summed E-state index contributed by atoms with van der Waals surface area (Å²) < 4.78 is 29.4. The van der Waals surface area contributed by atoms with E-state index >= 15 is 0 Å². The number of aromatic amines is 1. The summed E-state index contributed by atoms with van der Waals surface area (Å²) in [5, 5.41) is 4.05. The number of halogens is 2. The average molecular weight is 395 g/mol. The number of hydrogen-bond acceptors (Lipinski definition) is 1. The van der Waals surface area contributed by atoms with Crippen LogP contribution in [0.3, 0.4) is 0 Å². The van der Waals surface area contributed by atoms with Crippen LogP contribution >= 0.6 is 0 Å². The van der Waals surface area contributed by atoms with Crippen molar-refractivity contribution in [2.45, 2.75) is 24.2 Å². The van der Waals surface area contributed by atoms with Crippen LogP contribution in [-0.4, -0.2) is 41.5 Å². The van der Waals surface area contributed by atoms with Gasteiger partial charge in [0.15, 0.2) is 0 Å². The minimum absolute atomic E-state index is 0.0983. The standard InChI is InChI=1S/C23H23F2N3O/c24-23(25)20-15-28(14-11-22(20,23)17-6-2-1-3-7-17)21(29)27-12-9-16-5-4-8-19-18(16)10-13-26-19/h1-8,10,13,20,26H,9,11-12,14-15H2,(H,27,29). The van der Waals surface area contributed by atoms with E-state index in [1.165, 1.54) is 0 Å². The lowest BCUT2D eigenvalue weighted by Gasteiger charge is -2.30. The van der Waals surface area contributed by atoms with E-state index in [-0.39, 0.29) is 12.6 Å². The molecule has 2 atom stereocenters. The van der Waals surface area contributed by atoms with Gasteiger partial charge in [0.05, 0.1) is 11.3 Å². The van der Waals surface area contributed by atoms with E-state index in [9.17, 15) is 13.6 Å². The first-order valence-corrected chi connectivity index (χ1v) is 10.0. The van der Waals surface area contributed by atoms with Gasteiger partial charge in [0, 0.05) is 36.7 Å². The quantitative estimate of drug-likeness (QED) is 0.679. The molecule has 5 rings (SSSR count). The number of carbonyl (C=O) groups is 1. The predicted octanol–water partition coefficient (Wildman–Crippen LogP) is 4.33. The Morgan fingerprint density at radius 3 is 2.76 bits per heavy atom. The van der Waals surface area contributed by atoms with Gasteiger partial charge in [0.1, 0.15) is 0 Å². The first-order chi connectivity index (χ1) is 14.0. The Kier molecular flexibility index (Phi) is 4.12. The van der Waals surface area contributed by atoms with Crippen LogP contribution in [0.4, 0.5) is 13.6 Å². The van der Waals surface area contributed by atoms with Crippen molar-refractivity contribution >= 4 is 16.9 Å². The van der Waals surface area contributed by atoms with Gasteiger partial charge in [0.25, 0.3) is 5.92 Å². The third kappa shape index (κ3) is 2.73. The summed E-state index contributed by atoms with van der Waals surface area (Å²) in [6.45, 7) is 0.922. The van der Waals surface area contributed by atoms with E-state index in [1.807, 2.05) is 36.5 Å². The molecule has 4 nitrogen and oxygen atoms in total. The molecule has 2 amide bonds. The lowest BCUT2D eigenvalue weighted by atomic mass is 9.87. The summed E-state index contributed by atoms with van der Waals surface area (Å²) in [5.74, 6) is -3.56. The zero-order valence-electron chi connectivity index (χ0n) is 16.0. The molecule has 150 valence electrons. The summed E-state index contributed by atoms with van der Waals surface area (Å²) in [6, 6.07) is 16.8. The normalized spacial score (nSPS) is 24.9. The van der Waals surface area contributed by atoms with Gasteiger partial charge in [-0.2, -0.15) is 0 Å². The summed E-state index contributed by atoms with van der Waals surface area (Å²) in [6.07, 6.45) is 2.89. The van der Waals surface area contributed by atoms with E-state index in [0.717, 1.165) is 16.5 Å². The second-order valence-electron chi connectivity index (χ2n) is 8.05. The minimum Gasteiger partial charge on any atom is -0.361 e. The molecule has 0 spiro atoms. The predicted molar refractivity (Wildman–Crippen MR) is 108 cm³/mol. The van der Waals surface area contributed by atoms with Gasteiger partial charge < -0.3 is 15.2 Å². The molecule has 3 aromatic rings. The van der Waals surface area contributed by atoms with Crippen LogP contribution in [0, 0.1) is 5.92 Å². The molecule has 1 aromatic heterocycles. The molecule has 1 saturated heterocycles. The van der Waals surface area contributed by atoms with Gasteiger partial charge in [-0.1, -0.05) is 42.5 Å². The van der Waals surface area contributed by atoms with Gasteiger partial charge in [-0.3, -0.25) is 0 Å². The molecule has 2 aliphatic rings. The van der Waals surface area contributed by atoms with Crippen molar-refractivity contribution in [2.24, 2.45) is 5.92 Å². The molecule has 2 fully saturated rings. The minimum atomic E-state index is -2.76. The molecule has 1 aliphatic heterocycles. The Labute approximate surface area is 167 Å². The van der Waals surface area contributed by atoms with Crippen LogP contribution in [0.5, 0.6) is 0 Å². The number of benzene rings is 2. The highest BCUT2D eigenvalue weighted by Crippen LogP contribution is 2.70. The number of H-pyrrole nitrogens is 1. The van der Waals surface area contributed by atoms with Crippen LogP contribution in [-0.2, 0) is 11.8 Å². The number of piperidine rings is 1. The number of nitrogens with zero attached hydrogens (tertiary/aromatic N) is 1. The van der Waals surface area contributed by atoms with Crippen molar-refractivity contribution in [3.05, 3.63) is 71.9 Å². The fourth-order valence-corrected chi connectivity index (χ4v) is 5.01.